The minimum atomic E-state index is -0.103. The van der Waals surface area contributed by atoms with Crippen LogP contribution in [0.2, 0.25) is 10.0 Å². The van der Waals surface area contributed by atoms with Crippen molar-refractivity contribution in [1.82, 2.24) is 14.5 Å². The molecule has 3 aromatic rings. The van der Waals surface area contributed by atoms with E-state index in [1.54, 1.807) is 36.1 Å². The second-order valence-electron chi connectivity index (χ2n) is 6.62. The average Bonchev–Trinajstić information content (AvgIpc) is 2.72. The molecule has 0 radical (unpaired) electrons. The molecule has 0 bridgehead atoms. The van der Waals surface area contributed by atoms with Crippen molar-refractivity contribution in [3.8, 4) is 11.3 Å². The van der Waals surface area contributed by atoms with Gasteiger partial charge in [-0.25, -0.2) is 4.98 Å². The van der Waals surface area contributed by atoms with E-state index >= 15 is 0 Å². The lowest BCUT2D eigenvalue weighted by molar-refractivity contribution is 0.727. The minimum absolute atomic E-state index is 0.103. The number of nitrogens with zero attached hydrogens (tertiary/aromatic N) is 4. The third-order valence-electron chi connectivity index (χ3n) is 4.82. The molecule has 142 valence electrons. The Hall–Kier alpha value is -2.63. The highest BCUT2D eigenvalue weighted by molar-refractivity contribution is 6.43. The fraction of sp³-hybridized carbons (Fsp3) is 0.190. The third-order valence-corrected chi connectivity index (χ3v) is 5.64. The monoisotopic (exact) mass is 412 g/mol. The van der Waals surface area contributed by atoms with Crippen molar-refractivity contribution in [1.29, 1.82) is 0 Å². The van der Waals surface area contributed by atoms with Gasteiger partial charge in [0.05, 0.1) is 15.7 Å². The number of pyridine rings is 1. The first-order valence-electron chi connectivity index (χ1n) is 8.91. The number of halogens is 2. The predicted octanol–water partition coefficient (Wildman–Crippen LogP) is 4.44. The van der Waals surface area contributed by atoms with Crippen LogP contribution in [-0.4, -0.2) is 27.6 Å². The van der Waals surface area contributed by atoms with Crippen molar-refractivity contribution in [3.63, 3.8) is 0 Å². The fourth-order valence-corrected chi connectivity index (χ4v) is 3.76. The quantitative estimate of drug-likeness (QED) is 0.637. The highest BCUT2D eigenvalue weighted by Gasteiger charge is 2.21. The number of rotatable bonds is 3. The summed E-state index contributed by atoms with van der Waals surface area (Å²) in [6.45, 7) is 1.36. The maximum Gasteiger partial charge on any atom is 0.255 e. The Balaban J connectivity index is 1.72. The second kappa shape index (κ2) is 7.78. The predicted molar refractivity (Wildman–Crippen MR) is 114 cm³/mol. The number of hydrogen-bond acceptors (Lipinski definition) is 4. The molecule has 0 N–H and O–H groups in total. The summed E-state index contributed by atoms with van der Waals surface area (Å²) >= 11 is 12.6. The van der Waals surface area contributed by atoms with E-state index in [4.69, 9.17) is 28.2 Å². The Kier molecular flexibility index (Phi) is 5.20. The topological polar surface area (TPSA) is 51.0 Å². The lowest BCUT2D eigenvalue weighted by atomic mass is 10.0. The molecule has 0 aliphatic carbocycles. The van der Waals surface area contributed by atoms with Gasteiger partial charge in [0.15, 0.2) is 0 Å². The fourth-order valence-electron chi connectivity index (χ4n) is 3.34. The largest absolute Gasteiger partial charge is 0.338 e. The zero-order valence-electron chi connectivity index (χ0n) is 15.3. The van der Waals surface area contributed by atoms with E-state index in [9.17, 15) is 4.79 Å². The number of benzene rings is 1. The lowest BCUT2D eigenvalue weighted by Gasteiger charge is -2.30. The molecule has 3 heterocycles. The van der Waals surface area contributed by atoms with Crippen molar-refractivity contribution < 1.29 is 0 Å². The maximum absolute atomic E-state index is 12.6. The van der Waals surface area contributed by atoms with Gasteiger partial charge in [0.2, 0.25) is 5.95 Å². The molecule has 7 heteroatoms. The van der Waals surface area contributed by atoms with Crippen molar-refractivity contribution in [2.24, 2.45) is 7.05 Å². The summed E-state index contributed by atoms with van der Waals surface area (Å²) in [7, 11) is 1.74. The van der Waals surface area contributed by atoms with E-state index in [1.807, 2.05) is 24.3 Å². The summed E-state index contributed by atoms with van der Waals surface area (Å²) in [5, 5.41) is 1.08. The zero-order chi connectivity index (χ0) is 19.7. The van der Waals surface area contributed by atoms with E-state index in [0.717, 1.165) is 29.7 Å². The Morgan fingerprint density at radius 1 is 1.11 bits per heavy atom. The normalized spacial score (nSPS) is 14.1. The van der Waals surface area contributed by atoms with Crippen LogP contribution in [0.4, 0.5) is 5.95 Å². The molecule has 0 fully saturated rings. The number of aromatic nitrogens is 3. The van der Waals surface area contributed by atoms with Gasteiger partial charge in [-0.1, -0.05) is 41.4 Å². The van der Waals surface area contributed by atoms with Gasteiger partial charge in [-0.2, -0.15) is 0 Å². The van der Waals surface area contributed by atoms with Crippen molar-refractivity contribution in [2.45, 2.75) is 6.42 Å². The highest BCUT2D eigenvalue weighted by Crippen LogP contribution is 2.33. The first-order valence-corrected chi connectivity index (χ1v) is 9.67. The molecular formula is C21H18Cl2N4O. The smallest absolute Gasteiger partial charge is 0.255 e. The van der Waals surface area contributed by atoms with Gasteiger partial charge < -0.3 is 4.90 Å². The molecule has 0 atom stereocenters. The molecule has 0 saturated carbocycles. The van der Waals surface area contributed by atoms with Crippen LogP contribution < -0.4 is 10.5 Å². The molecule has 0 spiro atoms. The standard InChI is InChI=1S/C21H18Cl2N4O/c1-26-19(28)12-18(14-7-9-24-10-8-14)25-21(26)27-11-3-4-15(13-27)16-5-2-6-17(22)20(16)23/h2,4-10,12H,3,11,13H2,1H3. The van der Waals surface area contributed by atoms with Gasteiger partial charge in [0.1, 0.15) is 0 Å². The summed E-state index contributed by atoms with van der Waals surface area (Å²) in [6.07, 6.45) is 6.38. The summed E-state index contributed by atoms with van der Waals surface area (Å²) in [5.41, 5.74) is 3.38. The van der Waals surface area contributed by atoms with E-state index in [0.29, 0.717) is 28.2 Å². The first-order chi connectivity index (χ1) is 13.5. The molecule has 1 aromatic carbocycles. The molecule has 1 aliphatic rings. The molecule has 0 amide bonds. The molecule has 4 rings (SSSR count). The molecule has 5 nitrogen and oxygen atoms in total. The van der Waals surface area contributed by atoms with Crippen LogP contribution in [-0.2, 0) is 7.05 Å². The molecule has 0 saturated heterocycles. The summed E-state index contributed by atoms with van der Waals surface area (Å²) in [5.74, 6) is 0.628. The van der Waals surface area contributed by atoms with Crippen LogP contribution in [0, 0.1) is 0 Å². The molecule has 2 aromatic heterocycles. The minimum Gasteiger partial charge on any atom is -0.338 e. The van der Waals surface area contributed by atoms with Crippen LogP contribution >= 0.6 is 23.2 Å². The zero-order valence-corrected chi connectivity index (χ0v) is 16.8. The number of anilines is 1. The maximum atomic E-state index is 12.6. The summed E-state index contributed by atoms with van der Waals surface area (Å²) in [4.78, 5) is 23.4. The van der Waals surface area contributed by atoms with Crippen molar-refractivity contribution >= 4 is 34.7 Å². The summed E-state index contributed by atoms with van der Waals surface area (Å²) in [6, 6.07) is 10.9. The van der Waals surface area contributed by atoms with E-state index in [-0.39, 0.29) is 5.56 Å². The third kappa shape index (κ3) is 3.55. The van der Waals surface area contributed by atoms with Gasteiger partial charge in [0, 0.05) is 44.2 Å². The van der Waals surface area contributed by atoms with Crippen LogP contribution in [0.25, 0.3) is 16.8 Å². The van der Waals surface area contributed by atoms with Gasteiger partial charge in [-0.3, -0.25) is 14.3 Å². The van der Waals surface area contributed by atoms with Gasteiger partial charge in [-0.05, 0) is 35.8 Å². The van der Waals surface area contributed by atoms with Gasteiger partial charge >= 0.3 is 0 Å². The Morgan fingerprint density at radius 3 is 2.68 bits per heavy atom. The van der Waals surface area contributed by atoms with Crippen molar-refractivity contribution in [3.05, 3.63) is 80.8 Å². The van der Waals surface area contributed by atoms with E-state index < -0.39 is 0 Å². The molecule has 28 heavy (non-hydrogen) atoms. The van der Waals surface area contributed by atoms with Crippen LogP contribution in [0.3, 0.4) is 0 Å². The Morgan fingerprint density at radius 2 is 1.89 bits per heavy atom. The SMILES string of the molecule is Cn1c(N2CCC=C(c3cccc(Cl)c3Cl)C2)nc(-c2ccncc2)cc1=O. The van der Waals surface area contributed by atoms with Gasteiger partial charge in [-0.15, -0.1) is 0 Å². The summed E-state index contributed by atoms with van der Waals surface area (Å²) < 4.78 is 1.58. The van der Waals surface area contributed by atoms with Crippen LogP contribution in [0.15, 0.2) is 59.7 Å². The second-order valence-corrected chi connectivity index (χ2v) is 7.40. The van der Waals surface area contributed by atoms with Crippen molar-refractivity contribution in [2.75, 3.05) is 18.0 Å². The number of hydrogen-bond donors (Lipinski definition) is 0. The molecular weight excluding hydrogens is 395 g/mol. The van der Waals surface area contributed by atoms with Crippen LogP contribution in [0.1, 0.15) is 12.0 Å². The van der Waals surface area contributed by atoms with E-state index in [1.165, 1.54) is 0 Å². The van der Waals surface area contributed by atoms with Gasteiger partial charge in [0.25, 0.3) is 5.56 Å². The Bertz CT molecular complexity index is 1110. The lowest BCUT2D eigenvalue weighted by Crippen LogP contribution is -2.35. The molecule has 0 unspecified atom stereocenters. The van der Waals surface area contributed by atoms with Crippen LogP contribution in [0.5, 0.6) is 0 Å². The first kappa shape index (κ1) is 18.7. The average molecular weight is 413 g/mol. The molecule has 1 aliphatic heterocycles. The highest BCUT2D eigenvalue weighted by atomic mass is 35.5. The Labute approximate surface area is 172 Å². The van der Waals surface area contributed by atoms with E-state index in [2.05, 4.69) is 16.0 Å².